The Morgan fingerprint density at radius 1 is 1.33 bits per heavy atom. The van der Waals surface area contributed by atoms with Crippen LogP contribution in [0.25, 0.3) is 0 Å². The van der Waals surface area contributed by atoms with Gasteiger partial charge in [0.25, 0.3) is 0 Å². The molecule has 1 rings (SSSR count). The molecule has 0 saturated heterocycles. The number of carboxylic acid groups (broad SMARTS) is 1. The maximum atomic E-state index is 11.8. The van der Waals surface area contributed by atoms with Gasteiger partial charge in [0.1, 0.15) is 13.2 Å². The molecule has 0 aliphatic heterocycles. The fourth-order valence-electron chi connectivity index (χ4n) is 1.99. The number of methoxy groups -OCH3 is 1. The number of hydrogen-bond donors (Lipinski definition) is 1. The zero-order chi connectivity index (χ0) is 13.4. The van der Waals surface area contributed by atoms with Crippen molar-refractivity contribution < 1.29 is 24.2 Å². The Labute approximate surface area is 107 Å². The lowest BCUT2D eigenvalue weighted by Gasteiger charge is -2.21. The van der Waals surface area contributed by atoms with Gasteiger partial charge >= 0.3 is 5.97 Å². The first-order chi connectivity index (χ1) is 8.63. The highest BCUT2D eigenvalue weighted by Crippen LogP contribution is 2.20. The fourth-order valence-corrected chi connectivity index (χ4v) is 1.99. The Bertz CT molecular complexity index is 276. The third-order valence-electron chi connectivity index (χ3n) is 2.99. The number of carbonyl (C=O) groups excluding carboxylic acids is 1. The van der Waals surface area contributed by atoms with Crippen LogP contribution in [0.3, 0.4) is 0 Å². The van der Waals surface area contributed by atoms with Gasteiger partial charge < -0.3 is 19.5 Å². The molecule has 0 unspecified atom stereocenters. The molecule has 1 saturated carbocycles. The summed E-state index contributed by atoms with van der Waals surface area (Å²) in [6.45, 7) is 0.246. The summed E-state index contributed by atoms with van der Waals surface area (Å²) in [6.07, 6.45) is 4.42. The van der Waals surface area contributed by atoms with E-state index in [-0.39, 0.29) is 31.7 Å². The van der Waals surface area contributed by atoms with E-state index in [1.807, 2.05) is 0 Å². The first kappa shape index (κ1) is 14.9. The summed E-state index contributed by atoms with van der Waals surface area (Å²) < 4.78 is 10.3. The number of rotatable bonds is 8. The quantitative estimate of drug-likeness (QED) is 0.687. The molecule has 0 aromatic heterocycles. The van der Waals surface area contributed by atoms with E-state index in [1.165, 1.54) is 12.0 Å². The summed E-state index contributed by atoms with van der Waals surface area (Å²) >= 11 is 0. The molecule has 1 fully saturated rings. The number of nitrogens with zero attached hydrogens (tertiary/aromatic N) is 1. The van der Waals surface area contributed by atoms with Gasteiger partial charge in [-0.2, -0.15) is 0 Å². The van der Waals surface area contributed by atoms with Crippen molar-refractivity contribution in [1.29, 1.82) is 0 Å². The van der Waals surface area contributed by atoms with Crippen LogP contribution in [0.4, 0.5) is 0 Å². The Balaban J connectivity index is 2.34. The van der Waals surface area contributed by atoms with E-state index in [2.05, 4.69) is 0 Å². The zero-order valence-electron chi connectivity index (χ0n) is 10.8. The van der Waals surface area contributed by atoms with Crippen LogP contribution >= 0.6 is 0 Å². The second-order valence-electron chi connectivity index (χ2n) is 4.42. The molecule has 0 aromatic carbocycles. The molecule has 0 aromatic rings. The molecule has 0 heterocycles. The van der Waals surface area contributed by atoms with Crippen LogP contribution in [0.15, 0.2) is 0 Å². The van der Waals surface area contributed by atoms with Crippen LogP contribution in [0.2, 0.25) is 0 Å². The Morgan fingerprint density at radius 3 is 2.56 bits per heavy atom. The third kappa shape index (κ3) is 5.46. The van der Waals surface area contributed by atoms with Crippen LogP contribution in [0.1, 0.15) is 25.7 Å². The zero-order valence-corrected chi connectivity index (χ0v) is 10.8. The predicted octanol–water partition coefficient (Wildman–Crippen LogP) is 0.505. The molecule has 1 amide bonds. The van der Waals surface area contributed by atoms with E-state index in [4.69, 9.17) is 14.6 Å². The average molecular weight is 259 g/mol. The van der Waals surface area contributed by atoms with Gasteiger partial charge in [-0.05, 0) is 12.8 Å². The van der Waals surface area contributed by atoms with Gasteiger partial charge in [-0.25, -0.2) is 0 Å². The number of hydrogen-bond acceptors (Lipinski definition) is 4. The number of amides is 1. The Morgan fingerprint density at radius 2 is 2.00 bits per heavy atom. The van der Waals surface area contributed by atoms with Gasteiger partial charge in [0.15, 0.2) is 0 Å². The standard InChI is InChI=1S/C12H21NO5/c1-17-7-6-13(8-12(15)16)11(14)9-18-10-4-2-3-5-10/h10H,2-9H2,1H3,(H,15,16). The lowest BCUT2D eigenvalue weighted by molar-refractivity contribution is -0.147. The first-order valence-corrected chi connectivity index (χ1v) is 6.23. The summed E-state index contributed by atoms with van der Waals surface area (Å²) in [5.74, 6) is -1.32. The van der Waals surface area contributed by atoms with Crippen molar-refractivity contribution in [2.75, 3.05) is 33.4 Å². The molecular weight excluding hydrogens is 238 g/mol. The minimum absolute atomic E-state index is 0.0400. The van der Waals surface area contributed by atoms with Gasteiger partial charge in [0, 0.05) is 13.7 Å². The molecule has 6 heteroatoms. The molecule has 6 nitrogen and oxygen atoms in total. The van der Waals surface area contributed by atoms with E-state index in [0.717, 1.165) is 25.7 Å². The summed E-state index contributed by atoms with van der Waals surface area (Å²) in [7, 11) is 1.51. The molecule has 18 heavy (non-hydrogen) atoms. The second-order valence-corrected chi connectivity index (χ2v) is 4.42. The molecule has 1 aliphatic carbocycles. The molecule has 0 atom stereocenters. The topological polar surface area (TPSA) is 76.1 Å². The van der Waals surface area contributed by atoms with Crippen molar-refractivity contribution >= 4 is 11.9 Å². The van der Waals surface area contributed by atoms with Crippen LogP contribution < -0.4 is 0 Å². The summed E-state index contributed by atoms with van der Waals surface area (Å²) in [5.41, 5.74) is 0. The maximum Gasteiger partial charge on any atom is 0.323 e. The number of carboxylic acids is 1. The average Bonchev–Trinajstić information content (AvgIpc) is 2.84. The van der Waals surface area contributed by atoms with Crippen LogP contribution in [-0.2, 0) is 19.1 Å². The van der Waals surface area contributed by atoms with Gasteiger partial charge in [0.2, 0.25) is 5.91 Å². The lowest BCUT2D eigenvalue weighted by Crippen LogP contribution is -2.40. The van der Waals surface area contributed by atoms with Crippen molar-refractivity contribution in [1.82, 2.24) is 4.90 Å². The highest BCUT2D eigenvalue weighted by Gasteiger charge is 2.20. The van der Waals surface area contributed by atoms with Crippen molar-refractivity contribution in [3.63, 3.8) is 0 Å². The van der Waals surface area contributed by atoms with Crippen LogP contribution in [-0.4, -0.2) is 61.4 Å². The smallest absolute Gasteiger partial charge is 0.323 e. The number of carbonyl (C=O) groups is 2. The van der Waals surface area contributed by atoms with E-state index >= 15 is 0 Å². The van der Waals surface area contributed by atoms with Crippen molar-refractivity contribution in [3.8, 4) is 0 Å². The minimum Gasteiger partial charge on any atom is -0.480 e. The van der Waals surface area contributed by atoms with Gasteiger partial charge in [-0.3, -0.25) is 9.59 Å². The van der Waals surface area contributed by atoms with Gasteiger partial charge in [-0.15, -0.1) is 0 Å². The first-order valence-electron chi connectivity index (χ1n) is 6.23. The molecule has 1 N–H and O–H groups in total. The van der Waals surface area contributed by atoms with Gasteiger partial charge in [0.05, 0.1) is 12.7 Å². The molecule has 0 radical (unpaired) electrons. The summed E-state index contributed by atoms with van der Waals surface area (Å²) in [5, 5.41) is 8.74. The second kappa shape index (κ2) is 8.05. The highest BCUT2D eigenvalue weighted by atomic mass is 16.5. The molecule has 0 spiro atoms. The SMILES string of the molecule is COCCN(CC(=O)O)C(=O)COC1CCCC1. The summed E-state index contributed by atoms with van der Waals surface area (Å²) in [6, 6.07) is 0. The monoisotopic (exact) mass is 259 g/mol. The third-order valence-corrected chi connectivity index (χ3v) is 2.99. The summed E-state index contributed by atoms with van der Waals surface area (Å²) in [4.78, 5) is 23.7. The lowest BCUT2D eigenvalue weighted by atomic mass is 10.3. The molecule has 0 bridgehead atoms. The van der Waals surface area contributed by atoms with E-state index in [1.54, 1.807) is 0 Å². The van der Waals surface area contributed by atoms with E-state index in [0.29, 0.717) is 6.61 Å². The Kier molecular flexibility index (Phi) is 6.67. The highest BCUT2D eigenvalue weighted by molar-refractivity contribution is 5.82. The van der Waals surface area contributed by atoms with Crippen molar-refractivity contribution in [3.05, 3.63) is 0 Å². The molecular formula is C12H21NO5. The molecule has 1 aliphatic rings. The predicted molar refractivity (Wildman–Crippen MR) is 64.3 cm³/mol. The number of ether oxygens (including phenoxy) is 2. The van der Waals surface area contributed by atoms with E-state index < -0.39 is 5.97 Å². The number of aliphatic carboxylic acids is 1. The van der Waals surface area contributed by atoms with Crippen molar-refractivity contribution in [2.24, 2.45) is 0 Å². The normalized spacial score (nSPS) is 15.8. The van der Waals surface area contributed by atoms with Crippen LogP contribution in [0.5, 0.6) is 0 Å². The Hall–Kier alpha value is -1.14. The fraction of sp³-hybridized carbons (Fsp3) is 0.833. The molecule has 104 valence electrons. The maximum absolute atomic E-state index is 11.8. The van der Waals surface area contributed by atoms with Crippen LogP contribution in [0, 0.1) is 0 Å². The minimum atomic E-state index is -1.03. The van der Waals surface area contributed by atoms with Gasteiger partial charge in [-0.1, -0.05) is 12.8 Å². The van der Waals surface area contributed by atoms with E-state index in [9.17, 15) is 9.59 Å². The van der Waals surface area contributed by atoms with Crippen molar-refractivity contribution in [2.45, 2.75) is 31.8 Å². The largest absolute Gasteiger partial charge is 0.480 e.